The smallest absolute Gasteiger partial charge is 0.240 e. The maximum Gasteiger partial charge on any atom is 0.240 e. The first kappa shape index (κ1) is 16.3. The number of sulfonamides is 1. The van der Waals surface area contributed by atoms with Gasteiger partial charge in [-0.3, -0.25) is 0 Å². The van der Waals surface area contributed by atoms with E-state index in [1.54, 1.807) is 24.3 Å². The van der Waals surface area contributed by atoms with Gasteiger partial charge in [0.15, 0.2) is 0 Å². The van der Waals surface area contributed by atoms with Gasteiger partial charge in [0.1, 0.15) is 12.4 Å². The molecule has 0 radical (unpaired) electrons. The zero-order valence-corrected chi connectivity index (χ0v) is 13.3. The van der Waals surface area contributed by atoms with Crippen LogP contribution in [0.1, 0.15) is 32.1 Å². The summed E-state index contributed by atoms with van der Waals surface area (Å²) in [6.07, 6.45) is 5.28. The molecule has 6 heteroatoms. The van der Waals surface area contributed by atoms with Gasteiger partial charge in [0.2, 0.25) is 10.0 Å². The summed E-state index contributed by atoms with van der Waals surface area (Å²) in [5.41, 5.74) is 0. The maximum atomic E-state index is 12.3. The molecule has 21 heavy (non-hydrogen) atoms. The molecule has 1 fully saturated rings. The summed E-state index contributed by atoms with van der Waals surface area (Å²) in [5, 5.41) is 2.99. The molecule has 0 heterocycles. The number of rotatable bonds is 7. The number of benzene rings is 1. The third kappa shape index (κ3) is 4.98. The Morgan fingerprint density at radius 1 is 1.14 bits per heavy atom. The van der Waals surface area contributed by atoms with E-state index in [1.807, 2.05) is 7.05 Å². The molecule has 0 aromatic heterocycles. The Kier molecular flexibility index (Phi) is 6.02. The van der Waals surface area contributed by atoms with Crippen LogP contribution >= 0.6 is 0 Å². The van der Waals surface area contributed by atoms with Crippen molar-refractivity contribution in [3.05, 3.63) is 24.3 Å². The van der Waals surface area contributed by atoms with Crippen LogP contribution in [0.25, 0.3) is 0 Å². The zero-order chi connectivity index (χ0) is 15.1. The molecule has 0 bridgehead atoms. The molecule has 0 amide bonds. The molecule has 2 rings (SSSR count). The van der Waals surface area contributed by atoms with E-state index in [0.29, 0.717) is 17.3 Å². The van der Waals surface area contributed by atoms with Crippen LogP contribution in [0.2, 0.25) is 0 Å². The molecule has 0 unspecified atom stereocenters. The van der Waals surface area contributed by atoms with Crippen molar-refractivity contribution in [3.63, 3.8) is 0 Å². The average molecular weight is 312 g/mol. The highest BCUT2D eigenvalue weighted by Gasteiger charge is 2.21. The van der Waals surface area contributed by atoms with Crippen LogP contribution in [-0.4, -0.2) is 34.7 Å². The van der Waals surface area contributed by atoms with Crippen LogP contribution in [0.5, 0.6) is 5.75 Å². The number of hydrogen-bond donors (Lipinski definition) is 2. The van der Waals surface area contributed by atoms with Crippen molar-refractivity contribution in [1.82, 2.24) is 10.0 Å². The van der Waals surface area contributed by atoms with Crippen molar-refractivity contribution in [3.8, 4) is 5.75 Å². The average Bonchev–Trinajstić information content (AvgIpc) is 2.49. The molecule has 0 atom stereocenters. The van der Waals surface area contributed by atoms with Crippen LogP contribution < -0.4 is 14.8 Å². The molecular weight excluding hydrogens is 288 g/mol. The van der Waals surface area contributed by atoms with Crippen LogP contribution in [0, 0.1) is 0 Å². The lowest BCUT2D eigenvalue weighted by molar-refractivity contribution is 0.318. The summed E-state index contributed by atoms with van der Waals surface area (Å²) < 4.78 is 32.9. The summed E-state index contributed by atoms with van der Waals surface area (Å²) in [7, 11) is -1.56. The van der Waals surface area contributed by atoms with Crippen molar-refractivity contribution < 1.29 is 13.2 Å². The predicted molar refractivity (Wildman–Crippen MR) is 83.1 cm³/mol. The van der Waals surface area contributed by atoms with Gasteiger partial charge in [-0.1, -0.05) is 19.3 Å². The summed E-state index contributed by atoms with van der Waals surface area (Å²) in [6, 6.07) is 6.67. The topological polar surface area (TPSA) is 67.4 Å². The Balaban J connectivity index is 1.95. The maximum absolute atomic E-state index is 12.3. The highest BCUT2D eigenvalue weighted by atomic mass is 32.2. The van der Waals surface area contributed by atoms with Gasteiger partial charge in [-0.2, -0.15) is 0 Å². The Labute approximate surface area is 127 Å². The van der Waals surface area contributed by atoms with Gasteiger partial charge in [-0.05, 0) is 44.2 Å². The standard InChI is InChI=1S/C15H24N2O3S/c1-16-11-12-20-14-7-9-15(10-8-14)21(18,19)17-13-5-3-2-4-6-13/h7-10,13,16-17H,2-6,11-12H2,1H3. The molecule has 1 aromatic rings. The lowest BCUT2D eigenvalue weighted by Crippen LogP contribution is -2.36. The van der Waals surface area contributed by atoms with E-state index in [9.17, 15) is 8.42 Å². The molecule has 0 aliphatic heterocycles. The van der Waals surface area contributed by atoms with E-state index >= 15 is 0 Å². The summed E-state index contributed by atoms with van der Waals surface area (Å²) in [6.45, 7) is 1.31. The third-order valence-corrected chi connectivity index (χ3v) is 5.22. The van der Waals surface area contributed by atoms with E-state index < -0.39 is 10.0 Å². The second kappa shape index (κ2) is 7.77. The second-order valence-corrected chi connectivity index (χ2v) is 7.09. The highest BCUT2D eigenvalue weighted by Crippen LogP contribution is 2.21. The Morgan fingerprint density at radius 2 is 1.81 bits per heavy atom. The minimum absolute atomic E-state index is 0.0790. The first-order valence-corrected chi connectivity index (χ1v) is 9.00. The Bertz CT molecular complexity index is 522. The number of likely N-dealkylation sites (N-methyl/N-ethyl adjacent to an activating group) is 1. The lowest BCUT2D eigenvalue weighted by Gasteiger charge is -2.22. The summed E-state index contributed by atoms with van der Waals surface area (Å²) in [5.74, 6) is 0.682. The SMILES string of the molecule is CNCCOc1ccc(S(=O)(=O)NC2CCCCC2)cc1. The van der Waals surface area contributed by atoms with Gasteiger partial charge in [0.05, 0.1) is 4.90 Å². The van der Waals surface area contributed by atoms with E-state index in [-0.39, 0.29) is 6.04 Å². The van der Waals surface area contributed by atoms with Crippen LogP contribution in [-0.2, 0) is 10.0 Å². The third-order valence-electron chi connectivity index (χ3n) is 3.68. The molecular formula is C15H24N2O3S. The first-order valence-electron chi connectivity index (χ1n) is 7.51. The number of ether oxygens (including phenoxy) is 1. The van der Waals surface area contributed by atoms with Crippen molar-refractivity contribution in [2.45, 2.75) is 43.0 Å². The van der Waals surface area contributed by atoms with E-state index in [4.69, 9.17) is 4.74 Å². The fourth-order valence-electron chi connectivity index (χ4n) is 2.49. The molecule has 0 saturated heterocycles. The van der Waals surface area contributed by atoms with Gasteiger partial charge >= 0.3 is 0 Å². The van der Waals surface area contributed by atoms with Crippen molar-refractivity contribution in [2.24, 2.45) is 0 Å². The fraction of sp³-hybridized carbons (Fsp3) is 0.600. The van der Waals surface area contributed by atoms with E-state index in [0.717, 1.165) is 32.2 Å². The quantitative estimate of drug-likeness (QED) is 0.755. The normalized spacial score (nSPS) is 16.8. The molecule has 1 aromatic carbocycles. The largest absolute Gasteiger partial charge is 0.492 e. The van der Waals surface area contributed by atoms with Crippen molar-refractivity contribution in [1.29, 1.82) is 0 Å². The predicted octanol–water partition coefficient (Wildman–Crippen LogP) is 1.90. The van der Waals surface area contributed by atoms with Crippen LogP contribution in [0.3, 0.4) is 0 Å². The Morgan fingerprint density at radius 3 is 2.43 bits per heavy atom. The molecule has 1 aliphatic rings. The van der Waals surface area contributed by atoms with Gasteiger partial charge < -0.3 is 10.1 Å². The zero-order valence-electron chi connectivity index (χ0n) is 12.5. The van der Waals surface area contributed by atoms with Crippen LogP contribution in [0.4, 0.5) is 0 Å². The van der Waals surface area contributed by atoms with E-state index in [2.05, 4.69) is 10.0 Å². The first-order chi connectivity index (χ1) is 10.1. The molecule has 1 saturated carbocycles. The monoisotopic (exact) mass is 312 g/mol. The van der Waals surface area contributed by atoms with Crippen molar-refractivity contribution >= 4 is 10.0 Å². The molecule has 5 nitrogen and oxygen atoms in total. The Hall–Kier alpha value is -1.11. The fourth-order valence-corrected chi connectivity index (χ4v) is 3.80. The summed E-state index contributed by atoms with van der Waals surface area (Å²) in [4.78, 5) is 0.300. The van der Waals surface area contributed by atoms with Gasteiger partial charge in [-0.25, -0.2) is 13.1 Å². The van der Waals surface area contributed by atoms with Crippen LogP contribution in [0.15, 0.2) is 29.2 Å². The number of hydrogen-bond acceptors (Lipinski definition) is 4. The molecule has 1 aliphatic carbocycles. The minimum atomic E-state index is -3.42. The molecule has 2 N–H and O–H groups in total. The lowest BCUT2D eigenvalue weighted by atomic mass is 9.96. The van der Waals surface area contributed by atoms with Gasteiger partial charge in [-0.15, -0.1) is 0 Å². The minimum Gasteiger partial charge on any atom is -0.492 e. The highest BCUT2D eigenvalue weighted by molar-refractivity contribution is 7.89. The second-order valence-electron chi connectivity index (χ2n) is 5.38. The van der Waals surface area contributed by atoms with Crippen molar-refractivity contribution in [2.75, 3.05) is 20.2 Å². The van der Waals surface area contributed by atoms with Gasteiger partial charge in [0.25, 0.3) is 0 Å². The molecule has 118 valence electrons. The van der Waals surface area contributed by atoms with Gasteiger partial charge in [0, 0.05) is 12.6 Å². The summed E-state index contributed by atoms with van der Waals surface area (Å²) >= 11 is 0. The van der Waals surface area contributed by atoms with E-state index in [1.165, 1.54) is 6.42 Å². The molecule has 0 spiro atoms. The number of nitrogens with one attached hydrogen (secondary N) is 2.